The first kappa shape index (κ1) is 13.3. The summed E-state index contributed by atoms with van der Waals surface area (Å²) in [4.78, 5) is 0. The molecule has 1 atom stereocenters. The quantitative estimate of drug-likeness (QED) is 0.922. The van der Waals surface area contributed by atoms with Crippen molar-refractivity contribution in [1.82, 2.24) is 20.3 Å². The summed E-state index contributed by atoms with van der Waals surface area (Å²) in [5.74, 6) is 0.902. The molecule has 6 heteroatoms. The Kier molecular flexibility index (Phi) is 4.19. The van der Waals surface area contributed by atoms with Crippen LogP contribution in [-0.4, -0.2) is 21.5 Å². The predicted octanol–water partition coefficient (Wildman–Crippen LogP) is 2.57. The maximum Gasteiger partial charge on any atom is 0.153 e. The third kappa shape index (κ3) is 2.64. The van der Waals surface area contributed by atoms with Gasteiger partial charge in [-0.05, 0) is 41.9 Å². The average molecular weight is 313 g/mol. The minimum Gasteiger partial charge on any atom is -0.469 e. The van der Waals surface area contributed by atoms with E-state index in [0.29, 0.717) is 0 Å². The van der Waals surface area contributed by atoms with Crippen molar-refractivity contribution in [2.45, 2.75) is 26.3 Å². The van der Waals surface area contributed by atoms with Gasteiger partial charge in [0.1, 0.15) is 5.76 Å². The Morgan fingerprint density at radius 2 is 2.33 bits per heavy atom. The molecule has 0 aliphatic carbocycles. The molecule has 1 N–H and O–H groups in total. The summed E-state index contributed by atoms with van der Waals surface area (Å²) in [5, 5.41) is 11.6. The van der Waals surface area contributed by atoms with E-state index in [4.69, 9.17) is 4.42 Å². The Labute approximate surface area is 115 Å². The van der Waals surface area contributed by atoms with Gasteiger partial charge >= 0.3 is 0 Å². The summed E-state index contributed by atoms with van der Waals surface area (Å²) in [6, 6.07) is 2.07. The molecule has 0 saturated carbocycles. The Morgan fingerprint density at radius 3 is 2.83 bits per heavy atom. The molecule has 0 aliphatic rings. The van der Waals surface area contributed by atoms with Crippen LogP contribution in [0.5, 0.6) is 0 Å². The van der Waals surface area contributed by atoms with Crippen LogP contribution in [0.3, 0.4) is 0 Å². The number of rotatable bonds is 5. The maximum atomic E-state index is 5.40. The summed E-state index contributed by atoms with van der Waals surface area (Å²) in [6.45, 7) is 5.00. The van der Waals surface area contributed by atoms with Crippen LogP contribution >= 0.6 is 15.9 Å². The molecule has 2 heterocycles. The van der Waals surface area contributed by atoms with Gasteiger partial charge in [-0.3, -0.25) is 0 Å². The van der Waals surface area contributed by atoms with Gasteiger partial charge in [-0.25, -0.2) is 4.68 Å². The van der Waals surface area contributed by atoms with Crippen molar-refractivity contribution in [3.8, 4) is 0 Å². The second kappa shape index (κ2) is 5.67. The second-order valence-electron chi connectivity index (χ2n) is 4.27. The summed E-state index contributed by atoms with van der Waals surface area (Å²) in [6.07, 6.45) is 2.85. The van der Waals surface area contributed by atoms with E-state index in [-0.39, 0.29) is 6.04 Å². The van der Waals surface area contributed by atoms with Gasteiger partial charge in [0, 0.05) is 12.6 Å². The highest BCUT2D eigenvalue weighted by Crippen LogP contribution is 2.27. The van der Waals surface area contributed by atoms with E-state index in [0.717, 1.165) is 34.6 Å². The molecule has 0 bridgehead atoms. The number of hydrogen-bond donors (Lipinski definition) is 1. The summed E-state index contributed by atoms with van der Waals surface area (Å²) >= 11 is 3.45. The molecule has 5 nitrogen and oxygen atoms in total. The SMILES string of the molecule is CCCNC(c1coc(C)c1)c1c(Br)nnn1C. The number of aryl methyl sites for hydroxylation is 2. The Balaban J connectivity index is 2.36. The van der Waals surface area contributed by atoms with Gasteiger partial charge in [0.25, 0.3) is 0 Å². The Bertz CT molecular complexity index is 500. The lowest BCUT2D eigenvalue weighted by atomic mass is 10.1. The molecule has 2 aromatic rings. The zero-order chi connectivity index (χ0) is 13.1. The van der Waals surface area contributed by atoms with Gasteiger partial charge in [-0.15, -0.1) is 5.10 Å². The molecule has 2 rings (SSSR count). The number of halogens is 1. The number of nitrogens with zero attached hydrogens (tertiary/aromatic N) is 3. The third-order valence-corrected chi connectivity index (χ3v) is 3.35. The van der Waals surface area contributed by atoms with Crippen LogP contribution < -0.4 is 5.32 Å². The van der Waals surface area contributed by atoms with Crippen molar-refractivity contribution in [2.75, 3.05) is 6.54 Å². The summed E-state index contributed by atoms with van der Waals surface area (Å²) < 4.78 is 7.94. The molecular formula is C12H17BrN4O. The fourth-order valence-corrected chi connectivity index (χ4v) is 2.48. The zero-order valence-corrected chi connectivity index (χ0v) is 12.4. The van der Waals surface area contributed by atoms with Crippen LogP contribution in [0.25, 0.3) is 0 Å². The third-order valence-electron chi connectivity index (χ3n) is 2.78. The molecule has 98 valence electrons. The van der Waals surface area contributed by atoms with Crippen LogP contribution in [-0.2, 0) is 7.05 Å². The molecular weight excluding hydrogens is 296 g/mol. The van der Waals surface area contributed by atoms with Gasteiger partial charge in [-0.2, -0.15) is 0 Å². The highest BCUT2D eigenvalue weighted by molar-refractivity contribution is 9.10. The van der Waals surface area contributed by atoms with Gasteiger partial charge < -0.3 is 9.73 Å². The van der Waals surface area contributed by atoms with E-state index in [2.05, 4.69) is 38.5 Å². The van der Waals surface area contributed by atoms with E-state index >= 15 is 0 Å². The molecule has 0 radical (unpaired) electrons. The average Bonchev–Trinajstić information content (AvgIpc) is 2.90. The van der Waals surface area contributed by atoms with E-state index in [1.807, 2.05) is 20.0 Å². The Hall–Kier alpha value is -1.14. The van der Waals surface area contributed by atoms with Gasteiger partial charge in [0.05, 0.1) is 18.0 Å². The molecule has 2 aromatic heterocycles. The molecule has 0 fully saturated rings. The van der Waals surface area contributed by atoms with Gasteiger partial charge in [0.15, 0.2) is 4.60 Å². The highest BCUT2D eigenvalue weighted by atomic mass is 79.9. The predicted molar refractivity (Wildman–Crippen MR) is 72.3 cm³/mol. The van der Waals surface area contributed by atoms with Crippen LogP contribution in [0, 0.1) is 6.92 Å². The van der Waals surface area contributed by atoms with E-state index in [9.17, 15) is 0 Å². The minimum absolute atomic E-state index is 0.0387. The summed E-state index contributed by atoms with van der Waals surface area (Å²) in [7, 11) is 1.89. The molecule has 0 spiro atoms. The van der Waals surface area contributed by atoms with Gasteiger partial charge in [-0.1, -0.05) is 12.1 Å². The van der Waals surface area contributed by atoms with Crippen molar-refractivity contribution in [2.24, 2.45) is 7.05 Å². The molecule has 1 unspecified atom stereocenters. The highest BCUT2D eigenvalue weighted by Gasteiger charge is 2.22. The topological polar surface area (TPSA) is 55.9 Å². The monoisotopic (exact) mass is 312 g/mol. The standard InChI is InChI=1S/C12H17BrN4O/c1-4-5-14-10(9-6-8(2)18-7-9)11-12(13)15-16-17(11)3/h6-7,10,14H,4-5H2,1-3H3. The van der Waals surface area contributed by atoms with Crippen LogP contribution in [0.15, 0.2) is 21.3 Å². The van der Waals surface area contributed by atoms with E-state index in [1.54, 1.807) is 10.9 Å². The number of furan rings is 1. The number of aromatic nitrogens is 3. The van der Waals surface area contributed by atoms with Crippen molar-refractivity contribution < 1.29 is 4.42 Å². The zero-order valence-electron chi connectivity index (χ0n) is 10.8. The van der Waals surface area contributed by atoms with Crippen LogP contribution in [0.4, 0.5) is 0 Å². The van der Waals surface area contributed by atoms with Crippen LogP contribution in [0.1, 0.15) is 36.4 Å². The number of hydrogen-bond acceptors (Lipinski definition) is 4. The lowest BCUT2D eigenvalue weighted by Crippen LogP contribution is -2.25. The Morgan fingerprint density at radius 1 is 1.56 bits per heavy atom. The van der Waals surface area contributed by atoms with Crippen molar-refractivity contribution in [1.29, 1.82) is 0 Å². The lowest BCUT2D eigenvalue weighted by Gasteiger charge is -2.17. The molecule has 0 saturated heterocycles. The normalized spacial score (nSPS) is 12.9. The lowest BCUT2D eigenvalue weighted by molar-refractivity contribution is 0.515. The smallest absolute Gasteiger partial charge is 0.153 e. The molecule has 0 aromatic carbocycles. The first-order valence-electron chi connectivity index (χ1n) is 5.97. The fraction of sp³-hybridized carbons (Fsp3) is 0.500. The van der Waals surface area contributed by atoms with E-state index < -0.39 is 0 Å². The first-order valence-corrected chi connectivity index (χ1v) is 6.76. The van der Waals surface area contributed by atoms with Crippen molar-refractivity contribution >= 4 is 15.9 Å². The number of nitrogens with one attached hydrogen (secondary N) is 1. The van der Waals surface area contributed by atoms with Gasteiger partial charge in [0.2, 0.25) is 0 Å². The molecule has 18 heavy (non-hydrogen) atoms. The van der Waals surface area contributed by atoms with Crippen LogP contribution in [0.2, 0.25) is 0 Å². The first-order chi connectivity index (χ1) is 8.63. The van der Waals surface area contributed by atoms with Crippen molar-refractivity contribution in [3.05, 3.63) is 34.0 Å². The largest absolute Gasteiger partial charge is 0.469 e. The summed E-state index contributed by atoms with van der Waals surface area (Å²) in [5.41, 5.74) is 2.09. The molecule has 0 aliphatic heterocycles. The minimum atomic E-state index is 0.0387. The van der Waals surface area contributed by atoms with E-state index in [1.165, 1.54) is 0 Å². The second-order valence-corrected chi connectivity index (χ2v) is 5.02. The fourth-order valence-electron chi connectivity index (χ4n) is 1.92. The maximum absolute atomic E-state index is 5.40. The molecule has 0 amide bonds. The van der Waals surface area contributed by atoms with Crippen molar-refractivity contribution in [3.63, 3.8) is 0 Å².